The standard InChI is InChI=1S/C20H29N3O3.C6H9N3O2/c1-19(2,3)13-9-12(10-14(16(13)24)20(4,5)6)22-17-18(26-8)23-15(25-7)11-21-17;1-10-4-3-8-5(7)6(9-4)11-2/h9-11,24H,1-8H3,(H,21,22);3H,1-2H3,(H2,7,8). The topological polar surface area (TPSA) is 147 Å². The first kappa shape index (κ1) is 29.2. The molecule has 0 radical (unpaired) electrons. The smallest absolute Gasteiger partial charge is 0.260 e. The highest BCUT2D eigenvalue weighted by Crippen LogP contribution is 2.41. The predicted molar refractivity (Wildman–Crippen MR) is 143 cm³/mol. The van der Waals surface area contributed by atoms with Crippen molar-refractivity contribution >= 4 is 17.3 Å². The lowest BCUT2D eigenvalue weighted by molar-refractivity contribution is 0.362. The number of phenolic OH excluding ortho intramolecular Hbond substituents is 1. The summed E-state index contributed by atoms with van der Waals surface area (Å²) in [5, 5.41) is 14.1. The molecule has 0 atom stereocenters. The normalized spacial score (nSPS) is 11.2. The van der Waals surface area contributed by atoms with E-state index in [4.69, 9.17) is 24.7 Å². The van der Waals surface area contributed by atoms with Crippen LogP contribution in [0, 0.1) is 0 Å². The van der Waals surface area contributed by atoms with E-state index in [1.54, 1.807) is 0 Å². The lowest BCUT2D eigenvalue weighted by Gasteiger charge is -2.28. The highest BCUT2D eigenvalue weighted by molar-refractivity contribution is 5.66. The minimum atomic E-state index is -0.211. The van der Waals surface area contributed by atoms with Crippen LogP contribution in [0.25, 0.3) is 0 Å². The molecule has 2 heterocycles. The fourth-order valence-corrected chi connectivity index (χ4v) is 3.28. The van der Waals surface area contributed by atoms with E-state index in [-0.39, 0.29) is 22.5 Å². The third-order valence-electron chi connectivity index (χ3n) is 5.26. The predicted octanol–water partition coefficient (Wildman–Crippen LogP) is 4.61. The summed E-state index contributed by atoms with van der Waals surface area (Å²) in [6.07, 6.45) is 2.96. The van der Waals surface area contributed by atoms with Crippen LogP contribution in [0.1, 0.15) is 52.7 Å². The fourth-order valence-electron chi connectivity index (χ4n) is 3.28. The van der Waals surface area contributed by atoms with Gasteiger partial charge in [0.05, 0.1) is 40.8 Å². The molecule has 0 aliphatic carbocycles. The molecule has 2 aromatic heterocycles. The zero-order valence-corrected chi connectivity index (χ0v) is 23.3. The Morgan fingerprint density at radius 1 is 0.730 bits per heavy atom. The lowest BCUT2D eigenvalue weighted by Crippen LogP contribution is -2.17. The highest BCUT2D eigenvalue weighted by Gasteiger charge is 2.27. The Morgan fingerprint density at radius 2 is 1.19 bits per heavy atom. The summed E-state index contributed by atoms with van der Waals surface area (Å²) in [5.74, 6) is 2.46. The first-order valence-corrected chi connectivity index (χ1v) is 11.6. The number of nitrogens with two attached hydrogens (primary N) is 1. The third kappa shape index (κ3) is 7.48. The Labute approximate surface area is 218 Å². The van der Waals surface area contributed by atoms with Gasteiger partial charge in [-0.1, -0.05) is 41.5 Å². The zero-order valence-electron chi connectivity index (χ0n) is 23.3. The summed E-state index contributed by atoms with van der Waals surface area (Å²) in [5.41, 5.74) is 7.53. The van der Waals surface area contributed by atoms with Gasteiger partial charge in [0, 0.05) is 16.8 Å². The van der Waals surface area contributed by atoms with E-state index in [1.807, 2.05) is 12.1 Å². The maximum Gasteiger partial charge on any atom is 0.260 e. The quantitative estimate of drug-likeness (QED) is 0.396. The molecule has 202 valence electrons. The monoisotopic (exact) mass is 514 g/mol. The number of nitrogen functional groups attached to an aromatic ring is 1. The number of aromatic hydroxyl groups is 1. The van der Waals surface area contributed by atoms with Crippen molar-refractivity contribution < 1.29 is 24.1 Å². The van der Waals surface area contributed by atoms with Crippen molar-refractivity contribution in [3.05, 3.63) is 35.7 Å². The Balaban J connectivity index is 0.000000364. The second-order valence-electron chi connectivity index (χ2n) is 10.1. The second kappa shape index (κ2) is 11.8. The Kier molecular flexibility index (Phi) is 9.32. The van der Waals surface area contributed by atoms with Gasteiger partial charge in [-0.05, 0) is 23.0 Å². The van der Waals surface area contributed by atoms with Gasteiger partial charge in [0.1, 0.15) is 5.75 Å². The van der Waals surface area contributed by atoms with E-state index >= 15 is 0 Å². The average Bonchev–Trinajstić information content (AvgIpc) is 2.84. The number of hydrogen-bond donors (Lipinski definition) is 3. The largest absolute Gasteiger partial charge is 0.507 e. The van der Waals surface area contributed by atoms with Crippen LogP contribution in [0.5, 0.6) is 29.3 Å². The number of anilines is 3. The molecule has 4 N–H and O–H groups in total. The number of phenols is 1. The van der Waals surface area contributed by atoms with E-state index in [1.165, 1.54) is 40.8 Å². The second-order valence-corrected chi connectivity index (χ2v) is 10.1. The van der Waals surface area contributed by atoms with Crippen molar-refractivity contribution in [1.82, 2.24) is 19.9 Å². The van der Waals surface area contributed by atoms with Crippen LogP contribution in [0.15, 0.2) is 24.5 Å². The molecule has 37 heavy (non-hydrogen) atoms. The SMILES string of the molecule is COc1cnc(N)c(OC)n1.COc1cnc(Nc2cc(C(C)(C)C)c(O)c(C(C)(C)C)c2)c(OC)n1. The van der Waals surface area contributed by atoms with Gasteiger partial charge in [0.25, 0.3) is 11.8 Å². The van der Waals surface area contributed by atoms with Crippen molar-refractivity contribution in [2.75, 3.05) is 39.5 Å². The van der Waals surface area contributed by atoms with Crippen LogP contribution >= 0.6 is 0 Å². The number of rotatable bonds is 6. The van der Waals surface area contributed by atoms with Gasteiger partial charge in [-0.25, -0.2) is 9.97 Å². The minimum absolute atomic E-state index is 0.211. The number of ether oxygens (including phenoxy) is 4. The van der Waals surface area contributed by atoms with Crippen LogP contribution < -0.4 is 30.0 Å². The highest BCUT2D eigenvalue weighted by atomic mass is 16.5. The van der Waals surface area contributed by atoms with Gasteiger partial charge < -0.3 is 35.1 Å². The summed E-state index contributed by atoms with van der Waals surface area (Å²) in [6, 6.07) is 3.88. The van der Waals surface area contributed by atoms with Crippen molar-refractivity contribution in [3.63, 3.8) is 0 Å². The van der Waals surface area contributed by atoms with E-state index in [0.29, 0.717) is 29.2 Å². The van der Waals surface area contributed by atoms with Crippen molar-refractivity contribution in [1.29, 1.82) is 0 Å². The summed E-state index contributed by atoms with van der Waals surface area (Å²) in [4.78, 5) is 16.2. The molecule has 0 fully saturated rings. The lowest BCUT2D eigenvalue weighted by atomic mass is 9.79. The molecular formula is C26H38N6O5. The first-order chi connectivity index (χ1) is 17.2. The van der Waals surface area contributed by atoms with E-state index in [0.717, 1.165) is 16.8 Å². The van der Waals surface area contributed by atoms with Gasteiger partial charge in [0.15, 0.2) is 11.6 Å². The maximum atomic E-state index is 10.8. The van der Waals surface area contributed by atoms with Crippen molar-refractivity contribution in [3.8, 4) is 29.3 Å². The van der Waals surface area contributed by atoms with E-state index in [9.17, 15) is 5.11 Å². The summed E-state index contributed by atoms with van der Waals surface area (Å²) >= 11 is 0. The molecule has 0 amide bonds. The third-order valence-corrected chi connectivity index (χ3v) is 5.26. The van der Waals surface area contributed by atoms with Crippen molar-refractivity contribution in [2.24, 2.45) is 0 Å². The zero-order chi connectivity index (χ0) is 28.0. The molecular weight excluding hydrogens is 476 g/mol. The van der Waals surface area contributed by atoms with Crippen LogP contribution in [0.3, 0.4) is 0 Å². The Morgan fingerprint density at radius 3 is 1.62 bits per heavy atom. The molecule has 0 aliphatic heterocycles. The van der Waals surface area contributed by atoms with Crippen LogP contribution in [-0.4, -0.2) is 53.5 Å². The summed E-state index contributed by atoms with van der Waals surface area (Å²) < 4.78 is 20.0. The summed E-state index contributed by atoms with van der Waals surface area (Å²) in [6.45, 7) is 12.5. The maximum absolute atomic E-state index is 10.8. The Bertz CT molecular complexity index is 1170. The molecule has 0 aliphatic rings. The molecule has 0 unspecified atom stereocenters. The molecule has 1 aromatic carbocycles. The van der Waals surface area contributed by atoms with Crippen molar-refractivity contribution in [2.45, 2.75) is 52.4 Å². The molecule has 0 saturated heterocycles. The molecule has 11 nitrogen and oxygen atoms in total. The summed E-state index contributed by atoms with van der Waals surface area (Å²) in [7, 11) is 6.04. The molecule has 3 rings (SSSR count). The number of benzene rings is 1. The van der Waals surface area contributed by atoms with Crippen LogP contribution in [0.2, 0.25) is 0 Å². The van der Waals surface area contributed by atoms with Gasteiger partial charge in [-0.15, -0.1) is 0 Å². The van der Waals surface area contributed by atoms with E-state index in [2.05, 4.69) is 66.8 Å². The molecule has 0 bridgehead atoms. The van der Waals surface area contributed by atoms with Gasteiger partial charge >= 0.3 is 0 Å². The number of hydrogen-bond acceptors (Lipinski definition) is 11. The fraction of sp³-hybridized carbons (Fsp3) is 0.462. The van der Waals surface area contributed by atoms with Gasteiger partial charge in [0.2, 0.25) is 11.8 Å². The number of nitrogens with one attached hydrogen (secondary N) is 1. The van der Waals surface area contributed by atoms with E-state index < -0.39 is 0 Å². The number of methoxy groups -OCH3 is 4. The van der Waals surface area contributed by atoms with Crippen LogP contribution in [-0.2, 0) is 10.8 Å². The van der Waals surface area contributed by atoms with Gasteiger partial charge in [-0.2, -0.15) is 9.97 Å². The molecule has 3 aromatic rings. The Hall–Kier alpha value is -4.02. The first-order valence-electron chi connectivity index (χ1n) is 11.6. The van der Waals surface area contributed by atoms with Crippen LogP contribution in [0.4, 0.5) is 17.3 Å². The molecule has 0 saturated carbocycles. The number of nitrogens with zero attached hydrogens (tertiary/aromatic N) is 4. The van der Waals surface area contributed by atoms with Gasteiger partial charge in [-0.3, -0.25) is 0 Å². The molecule has 11 heteroatoms. The number of aromatic nitrogens is 4. The minimum Gasteiger partial charge on any atom is -0.507 e. The molecule has 0 spiro atoms. The average molecular weight is 515 g/mol.